The van der Waals surface area contributed by atoms with Gasteiger partial charge in [-0.2, -0.15) is 0 Å². The highest BCUT2D eigenvalue weighted by atomic mass is 32.2. The van der Waals surface area contributed by atoms with Crippen molar-refractivity contribution in [1.29, 1.82) is 0 Å². The summed E-state index contributed by atoms with van der Waals surface area (Å²) in [7, 11) is 0. The molecule has 1 amide bonds. The second kappa shape index (κ2) is 8.81. The molecule has 0 unspecified atom stereocenters. The van der Waals surface area contributed by atoms with Crippen molar-refractivity contribution >= 4 is 46.0 Å². The lowest BCUT2D eigenvalue weighted by molar-refractivity contribution is -0.113. The highest BCUT2D eigenvalue weighted by Crippen LogP contribution is 2.41. The molecule has 0 radical (unpaired) electrons. The minimum atomic E-state index is -0.186. The molecule has 2 aromatic carbocycles. The number of hydrogen-bond donors (Lipinski definition) is 0. The number of rotatable bonds is 7. The maximum absolute atomic E-state index is 13.1. The highest BCUT2D eigenvalue weighted by molar-refractivity contribution is 8.27. The van der Waals surface area contributed by atoms with Crippen LogP contribution >= 0.6 is 24.0 Å². The standard InChI is InChI=1S/C22H19NO5S2/c1-3-9-26-16-7-5-14(10-18(16)25-4-2)11-20-21(24)23(22(29)30-20)15-6-8-17-19(12-15)28-13-27-17/h3,5-8,10-12H,1,4,9,13H2,2H3/b20-11-. The van der Waals surface area contributed by atoms with Gasteiger partial charge in [0.15, 0.2) is 27.3 Å². The van der Waals surface area contributed by atoms with Gasteiger partial charge in [-0.1, -0.05) is 42.7 Å². The van der Waals surface area contributed by atoms with E-state index in [2.05, 4.69) is 6.58 Å². The van der Waals surface area contributed by atoms with Gasteiger partial charge in [-0.3, -0.25) is 9.69 Å². The Balaban J connectivity index is 1.60. The number of thioether (sulfide) groups is 1. The number of fused-ring (bicyclic) bond motifs is 1. The fraction of sp³-hybridized carbons (Fsp3) is 0.182. The molecule has 30 heavy (non-hydrogen) atoms. The smallest absolute Gasteiger partial charge is 0.270 e. The molecule has 0 bridgehead atoms. The number of carbonyl (C=O) groups is 1. The summed E-state index contributed by atoms with van der Waals surface area (Å²) in [4.78, 5) is 15.1. The van der Waals surface area contributed by atoms with E-state index in [0.717, 1.165) is 5.56 Å². The van der Waals surface area contributed by atoms with Crippen LogP contribution in [0.1, 0.15) is 12.5 Å². The van der Waals surface area contributed by atoms with Crippen molar-refractivity contribution in [2.24, 2.45) is 0 Å². The Bertz CT molecular complexity index is 1050. The Morgan fingerprint density at radius 3 is 2.80 bits per heavy atom. The van der Waals surface area contributed by atoms with Crippen LogP contribution in [0.2, 0.25) is 0 Å². The Morgan fingerprint density at radius 2 is 2.00 bits per heavy atom. The summed E-state index contributed by atoms with van der Waals surface area (Å²) in [6, 6.07) is 10.9. The second-order valence-corrected chi connectivity index (χ2v) is 7.97. The minimum absolute atomic E-state index is 0.172. The third kappa shape index (κ3) is 4.01. The number of benzene rings is 2. The van der Waals surface area contributed by atoms with Crippen molar-refractivity contribution in [1.82, 2.24) is 0 Å². The molecule has 0 aromatic heterocycles. The molecule has 0 aliphatic carbocycles. The van der Waals surface area contributed by atoms with Gasteiger partial charge in [0.25, 0.3) is 5.91 Å². The van der Waals surface area contributed by atoms with Crippen molar-refractivity contribution in [3.05, 3.63) is 59.5 Å². The van der Waals surface area contributed by atoms with E-state index in [0.29, 0.717) is 51.1 Å². The molecule has 6 nitrogen and oxygen atoms in total. The van der Waals surface area contributed by atoms with Crippen LogP contribution in [0.5, 0.6) is 23.0 Å². The predicted molar refractivity (Wildman–Crippen MR) is 122 cm³/mol. The van der Waals surface area contributed by atoms with E-state index in [1.165, 1.54) is 16.7 Å². The van der Waals surface area contributed by atoms with Crippen LogP contribution in [0.3, 0.4) is 0 Å². The SMILES string of the molecule is C=CCOc1ccc(/C=C2\SC(=S)N(c3ccc4c(c3)OCO4)C2=O)cc1OCC. The first-order valence-electron chi connectivity index (χ1n) is 9.29. The third-order valence-electron chi connectivity index (χ3n) is 4.33. The maximum atomic E-state index is 13.1. The summed E-state index contributed by atoms with van der Waals surface area (Å²) >= 11 is 6.71. The first-order valence-corrected chi connectivity index (χ1v) is 10.5. The first kappa shape index (κ1) is 20.3. The molecule has 2 aromatic rings. The van der Waals surface area contributed by atoms with Gasteiger partial charge in [-0.05, 0) is 42.8 Å². The normalized spacial score (nSPS) is 16.3. The first-order chi connectivity index (χ1) is 14.6. The zero-order chi connectivity index (χ0) is 21.1. The number of thiocarbonyl (C=S) groups is 1. The second-order valence-electron chi connectivity index (χ2n) is 6.29. The fourth-order valence-electron chi connectivity index (χ4n) is 3.02. The van der Waals surface area contributed by atoms with Gasteiger partial charge in [0.2, 0.25) is 6.79 Å². The third-order valence-corrected chi connectivity index (χ3v) is 5.63. The summed E-state index contributed by atoms with van der Waals surface area (Å²) in [5.74, 6) is 2.30. The van der Waals surface area contributed by atoms with Crippen molar-refractivity contribution < 1.29 is 23.7 Å². The molecule has 0 N–H and O–H groups in total. The van der Waals surface area contributed by atoms with Crippen LogP contribution in [-0.4, -0.2) is 30.2 Å². The molecule has 154 valence electrons. The van der Waals surface area contributed by atoms with Crippen molar-refractivity contribution in [3.8, 4) is 23.0 Å². The van der Waals surface area contributed by atoms with E-state index in [4.69, 9.17) is 31.2 Å². The van der Waals surface area contributed by atoms with Crippen LogP contribution in [0.15, 0.2) is 54.0 Å². The van der Waals surface area contributed by atoms with Crippen LogP contribution in [-0.2, 0) is 4.79 Å². The quantitative estimate of drug-likeness (QED) is 0.348. The van der Waals surface area contributed by atoms with E-state index in [1.54, 1.807) is 30.4 Å². The molecule has 8 heteroatoms. The zero-order valence-corrected chi connectivity index (χ0v) is 17.9. The molecule has 2 heterocycles. The lowest BCUT2D eigenvalue weighted by atomic mass is 10.1. The molecule has 4 rings (SSSR count). The average Bonchev–Trinajstić information content (AvgIpc) is 3.31. The zero-order valence-electron chi connectivity index (χ0n) is 16.3. The van der Waals surface area contributed by atoms with E-state index in [1.807, 2.05) is 25.1 Å². The minimum Gasteiger partial charge on any atom is -0.490 e. The largest absolute Gasteiger partial charge is 0.490 e. The van der Waals surface area contributed by atoms with Gasteiger partial charge in [0.05, 0.1) is 17.2 Å². The number of nitrogens with zero attached hydrogens (tertiary/aromatic N) is 1. The summed E-state index contributed by atoms with van der Waals surface area (Å²) in [5, 5.41) is 0. The topological polar surface area (TPSA) is 57.2 Å². The lowest BCUT2D eigenvalue weighted by Gasteiger charge is -2.14. The number of carbonyl (C=O) groups excluding carboxylic acids is 1. The van der Waals surface area contributed by atoms with E-state index in [9.17, 15) is 4.79 Å². The average molecular weight is 442 g/mol. The molecule has 2 aliphatic rings. The van der Waals surface area contributed by atoms with Crippen LogP contribution in [0.4, 0.5) is 5.69 Å². The van der Waals surface area contributed by atoms with E-state index in [-0.39, 0.29) is 12.7 Å². The van der Waals surface area contributed by atoms with Gasteiger partial charge in [0, 0.05) is 6.07 Å². The van der Waals surface area contributed by atoms with Gasteiger partial charge in [-0.25, -0.2) is 0 Å². The summed E-state index contributed by atoms with van der Waals surface area (Å²) < 4.78 is 22.5. The fourth-order valence-corrected chi connectivity index (χ4v) is 4.32. The van der Waals surface area contributed by atoms with Crippen LogP contribution < -0.4 is 23.8 Å². The Morgan fingerprint density at radius 1 is 1.17 bits per heavy atom. The van der Waals surface area contributed by atoms with Crippen molar-refractivity contribution in [3.63, 3.8) is 0 Å². The summed E-state index contributed by atoms with van der Waals surface area (Å²) in [6.45, 7) is 6.62. The Labute approximate surface area is 184 Å². The number of anilines is 1. The Kier molecular flexibility index (Phi) is 5.96. The van der Waals surface area contributed by atoms with Crippen LogP contribution in [0.25, 0.3) is 6.08 Å². The maximum Gasteiger partial charge on any atom is 0.270 e. The molecule has 0 spiro atoms. The van der Waals surface area contributed by atoms with Crippen molar-refractivity contribution in [2.75, 3.05) is 24.9 Å². The highest BCUT2D eigenvalue weighted by Gasteiger charge is 2.34. The molecular weight excluding hydrogens is 422 g/mol. The predicted octanol–water partition coefficient (Wildman–Crippen LogP) is 4.78. The van der Waals surface area contributed by atoms with Gasteiger partial charge >= 0.3 is 0 Å². The molecule has 2 aliphatic heterocycles. The van der Waals surface area contributed by atoms with Gasteiger partial charge in [0.1, 0.15) is 6.61 Å². The number of amides is 1. The van der Waals surface area contributed by atoms with Gasteiger partial charge < -0.3 is 18.9 Å². The molecule has 1 saturated heterocycles. The van der Waals surface area contributed by atoms with Crippen molar-refractivity contribution in [2.45, 2.75) is 6.92 Å². The van der Waals surface area contributed by atoms with E-state index >= 15 is 0 Å². The molecule has 0 saturated carbocycles. The van der Waals surface area contributed by atoms with E-state index < -0.39 is 0 Å². The molecular formula is C22H19NO5S2. The summed E-state index contributed by atoms with van der Waals surface area (Å²) in [5.41, 5.74) is 1.46. The van der Waals surface area contributed by atoms with Gasteiger partial charge in [-0.15, -0.1) is 0 Å². The Hall–Kier alpha value is -2.97. The number of ether oxygens (including phenoxy) is 4. The van der Waals surface area contributed by atoms with Crippen LogP contribution in [0, 0.1) is 0 Å². The summed E-state index contributed by atoms with van der Waals surface area (Å²) in [6.07, 6.45) is 3.47. The monoisotopic (exact) mass is 441 g/mol. The molecule has 1 fully saturated rings. The lowest BCUT2D eigenvalue weighted by Crippen LogP contribution is -2.27. The number of hydrogen-bond acceptors (Lipinski definition) is 7. The molecule has 0 atom stereocenters.